The molecule has 0 fully saturated rings. The number of hydrogen-bond donors (Lipinski definition) is 0. The maximum absolute atomic E-state index is 11.9. The summed E-state index contributed by atoms with van der Waals surface area (Å²) in [5, 5.41) is 0. The van der Waals surface area contributed by atoms with Crippen LogP contribution in [0.25, 0.3) is 6.08 Å². The highest BCUT2D eigenvalue weighted by Crippen LogP contribution is 2.27. The standard InChI is InChI=1S/C16H12BrNO4/c1-9-3-4-11(21-9)8-14-16(19)22-15(18-14)12-6-5-10(20-2)7-13(12)17/h3-8H,1-2H3. The third kappa shape index (κ3) is 2.82. The van der Waals surface area contributed by atoms with E-state index < -0.39 is 5.97 Å². The molecule has 2 aromatic rings. The predicted octanol–water partition coefficient (Wildman–Crippen LogP) is 3.70. The zero-order valence-electron chi connectivity index (χ0n) is 11.9. The van der Waals surface area contributed by atoms with Gasteiger partial charge in [0.25, 0.3) is 0 Å². The van der Waals surface area contributed by atoms with Crippen LogP contribution in [0.15, 0.2) is 49.9 Å². The van der Waals surface area contributed by atoms with Crippen molar-refractivity contribution in [3.8, 4) is 5.75 Å². The van der Waals surface area contributed by atoms with E-state index in [0.717, 1.165) is 10.2 Å². The Morgan fingerprint density at radius 2 is 2.09 bits per heavy atom. The zero-order valence-corrected chi connectivity index (χ0v) is 13.5. The van der Waals surface area contributed by atoms with Gasteiger partial charge in [-0.25, -0.2) is 9.79 Å². The molecule has 3 rings (SSSR count). The van der Waals surface area contributed by atoms with Gasteiger partial charge in [-0.2, -0.15) is 0 Å². The lowest BCUT2D eigenvalue weighted by Gasteiger charge is -2.05. The maximum Gasteiger partial charge on any atom is 0.363 e. The number of halogens is 1. The maximum atomic E-state index is 11.9. The molecule has 1 aromatic carbocycles. The summed E-state index contributed by atoms with van der Waals surface area (Å²) in [4.78, 5) is 16.2. The second kappa shape index (κ2) is 5.81. The first-order valence-corrected chi connectivity index (χ1v) is 7.29. The van der Waals surface area contributed by atoms with Crippen molar-refractivity contribution in [1.82, 2.24) is 0 Å². The molecular weight excluding hydrogens is 350 g/mol. The van der Waals surface area contributed by atoms with Crippen LogP contribution in [0.1, 0.15) is 17.1 Å². The first kappa shape index (κ1) is 14.6. The van der Waals surface area contributed by atoms with Crippen molar-refractivity contribution >= 4 is 33.9 Å². The summed E-state index contributed by atoms with van der Waals surface area (Å²) in [6, 6.07) is 8.91. The molecule has 0 aliphatic carbocycles. The van der Waals surface area contributed by atoms with Gasteiger partial charge < -0.3 is 13.9 Å². The molecule has 0 unspecified atom stereocenters. The van der Waals surface area contributed by atoms with Crippen LogP contribution in [0, 0.1) is 6.92 Å². The summed E-state index contributed by atoms with van der Waals surface area (Å²) in [5.41, 5.74) is 0.875. The van der Waals surface area contributed by atoms with Crippen molar-refractivity contribution in [2.24, 2.45) is 4.99 Å². The van der Waals surface area contributed by atoms with Gasteiger partial charge in [-0.15, -0.1) is 0 Å². The molecule has 112 valence electrons. The Balaban J connectivity index is 1.94. The number of ether oxygens (including phenoxy) is 2. The number of nitrogens with zero attached hydrogens (tertiary/aromatic N) is 1. The summed E-state index contributed by atoms with van der Waals surface area (Å²) in [7, 11) is 1.58. The van der Waals surface area contributed by atoms with Crippen LogP contribution in [-0.4, -0.2) is 19.0 Å². The molecule has 0 saturated carbocycles. The molecule has 6 heteroatoms. The molecule has 0 radical (unpaired) electrons. The molecule has 22 heavy (non-hydrogen) atoms. The van der Waals surface area contributed by atoms with E-state index in [1.54, 1.807) is 37.5 Å². The Bertz CT molecular complexity index is 804. The highest BCUT2D eigenvalue weighted by molar-refractivity contribution is 9.10. The molecule has 2 heterocycles. The molecule has 0 saturated heterocycles. The van der Waals surface area contributed by atoms with Gasteiger partial charge in [0.05, 0.1) is 12.7 Å². The summed E-state index contributed by atoms with van der Waals surface area (Å²) < 4.78 is 16.5. The summed E-state index contributed by atoms with van der Waals surface area (Å²) in [5.74, 6) is 1.76. The lowest BCUT2D eigenvalue weighted by atomic mass is 10.2. The number of cyclic esters (lactones) is 1. The number of carbonyl (C=O) groups is 1. The van der Waals surface area contributed by atoms with Crippen molar-refractivity contribution in [2.45, 2.75) is 6.92 Å². The van der Waals surface area contributed by atoms with Crippen molar-refractivity contribution in [3.63, 3.8) is 0 Å². The molecule has 0 amide bonds. The molecule has 0 N–H and O–H groups in total. The number of furan rings is 1. The predicted molar refractivity (Wildman–Crippen MR) is 84.7 cm³/mol. The molecule has 5 nitrogen and oxygen atoms in total. The van der Waals surface area contributed by atoms with Crippen LogP contribution in [0.5, 0.6) is 5.75 Å². The normalized spacial score (nSPS) is 15.9. The molecular formula is C16H12BrNO4. The Labute approximate surface area is 135 Å². The number of carbonyl (C=O) groups excluding carboxylic acids is 1. The summed E-state index contributed by atoms with van der Waals surface area (Å²) in [6.07, 6.45) is 1.56. The second-order valence-electron chi connectivity index (χ2n) is 4.63. The van der Waals surface area contributed by atoms with Crippen LogP contribution in [0.4, 0.5) is 0 Å². The van der Waals surface area contributed by atoms with E-state index in [1.165, 1.54) is 0 Å². The van der Waals surface area contributed by atoms with Gasteiger partial charge in [-0.3, -0.25) is 0 Å². The number of aliphatic imine (C=N–C) groups is 1. The van der Waals surface area contributed by atoms with Crippen LogP contribution < -0.4 is 4.74 Å². The quantitative estimate of drug-likeness (QED) is 0.617. The minimum absolute atomic E-state index is 0.201. The van der Waals surface area contributed by atoms with Crippen LogP contribution in [-0.2, 0) is 9.53 Å². The number of esters is 1. The first-order chi connectivity index (χ1) is 10.6. The van der Waals surface area contributed by atoms with Crippen molar-refractivity contribution < 1.29 is 18.7 Å². The molecule has 0 atom stereocenters. The van der Waals surface area contributed by atoms with E-state index in [0.29, 0.717) is 17.1 Å². The number of hydrogen-bond acceptors (Lipinski definition) is 5. The van der Waals surface area contributed by atoms with E-state index in [4.69, 9.17) is 13.9 Å². The third-order valence-corrected chi connectivity index (χ3v) is 3.72. The van der Waals surface area contributed by atoms with E-state index in [1.807, 2.05) is 13.0 Å². The van der Waals surface area contributed by atoms with Crippen LogP contribution >= 0.6 is 15.9 Å². The SMILES string of the molecule is COc1ccc(C2=NC(=Cc3ccc(C)o3)C(=O)O2)c(Br)c1. The van der Waals surface area contributed by atoms with Crippen LogP contribution in [0.3, 0.4) is 0 Å². The van der Waals surface area contributed by atoms with E-state index in [2.05, 4.69) is 20.9 Å². The summed E-state index contributed by atoms with van der Waals surface area (Å²) in [6.45, 7) is 1.83. The molecule has 1 aliphatic rings. The lowest BCUT2D eigenvalue weighted by molar-refractivity contribution is -0.129. The highest BCUT2D eigenvalue weighted by Gasteiger charge is 2.26. The van der Waals surface area contributed by atoms with Gasteiger partial charge in [0.1, 0.15) is 17.3 Å². The van der Waals surface area contributed by atoms with E-state index in [-0.39, 0.29) is 11.6 Å². The fourth-order valence-corrected chi connectivity index (χ4v) is 2.51. The Kier molecular flexibility index (Phi) is 3.85. The molecule has 1 aromatic heterocycles. The Hall–Kier alpha value is -2.34. The lowest BCUT2D eigenvalue weighted by Crippen LogP contribution is -2.06. The van der Waals surface area contributed by atoms with Crippen LogP contribution in [0.2, 0.25) is 0 Å². The fourth-order valence-electron chi connectivity index (χ4n) is 1.99. The molecule has 0 spiro atoms. The number of rotatable bonds is 3. The third-order valence-electron chi connectivity index (χ3n) is 3.07. The van der Waals surface area contributed by atoms with E-state index >= 15 is 0 Å². The van der Waals surface area contributed by atoms with Crippen molar-refractivity contribution in [2.75, 3.05) is 7.11 Å². The molecule has 1 aliphatic heterocycles. The average molecular weight is 362 g/mol. The largest absolute Gasteiger partial charge is 0.497 e. The highest BCUT2D eigenvalue weighted by atomic mass is 79.9. The number of methoxy groups -OCH3 is 1. The zero-order chi connectivity index (χ0) is 15.7. The van der Waals surface area contributed by atoms with E-state index in [9.17, 15) is 4.79 Å². The minimum atomic E-state index is -0.508. The average Bonchev–Trinajstić information content (AvgIpc) is 3.06. The Morgan fingerprint density at radius 1 is 1.27 bits per heavy atom. The van der Waals surface area contributed by atoms with Gasteiger partial charge in [0, 0.05) is 10.5 Å². The summed E-state index contributed by atoms with van der Waals surface area (Å²) >= 11 is 3.42. The van der Waals surface area contributed by atoms with Gasteiger partial charge >= 0.3 is 5.97 Å². The smallest absolute Gasteiger partial charge is 0.363 e. The number of aryl methyl sites for hydroxylation is 1. The monoisotopic (exact) mass is 361 g/mol. The second-order valence-corrected chi connectivity index (χ2v) is 5.48. The van der Waals surface area contributed by atoms with Crippen molar-refractivity contribution in [1.29, 1.82) is 0 Å². The molecule has 0 bridgehead atoms. The van der Waals surface area contributed by atoms with Gasteiger partial charge in [0.15, 0.2) is 5.70 Å². The topological polar surface area (TPSA) is 61.0 Å². The Morgan fingerprint density at radius 3 is 2.73 bits per heavy atom. The first-order valence-electron chi connectivity index (χ1n) is 6.50. The van der Waals surface area contributed by atoms with Crippen molar-refractivity contribution in [3.05, 3.63) is 57.6 Å². The van der Waals surface area contributed by atoms with Gasteiger partial charge in [0.2, 0.25) is 5.90 Å². The van der Waals surface area contributed by atoms with Gasteiger partial charge in [-0.05, 0) is 53.2 Å². The minimum Gasteiger partial charge on any atom is -0.497 e. The number of benzene rings is 1. The van der Waals surface area contributed by atoms with Gasteiger partial charge in [-0.1, -0.05) is 0 Å². The fraction of sp³-hybridized carbons (Fsp3) is 0.125.